The highest BCUT2D eigenvalue weighted by molar-refractivity contribution is 5.89. The van der Waals surface area contributed by atoms with E-state index < -0.39 is 0 Å². The fraction of sp³-hybridized carbons (Fsp3) is 0.611. The van der Waals surface area contributed by atoms with Crippen LogP contribution in [0.4, 0.5) is 14.9 Å². The van der Waals surface area contributed by atoms with E-state index in [1.54, 1.807) is 12.1 Å². The predicted octanol–water partition coefficient (Wildman–Crippen LogP) is 1.86. The van der Waals surface area contributed by atoms with E-state index in [9.17, 15) is 9.18 Å². The summed E-state index contributed by atoms with van der Waals surface area (Å²) in [5.41, 5.74) is 1.03. The Morgan fingerprint density at radius 1 is 1.38 bits per heavy atom. The highest BCUT2D eigenvalue weighted by Gasteiger charge is 2.36. The van der Waals surface area contributed by atoms with Gasteiger partial charge in [0.05, 0.1) is 12.6 Å². The first-order valence-electron chi connectivity index (χ1n) is 8.80. The van der Waals surface area contributed by atoms with Crippen molar-refractivity contribution in [3.05, 3.63) is 29.6 Å². The number of rotatable bonds is 4. The Bertz CT molecular complexity index is 604. The highest BCUT2D eigenvalue weighted by atomic mass is 19.1. The number of amides is 2. The molecule has 3 N–H and O–H groups in total. The van der Waals surface area contributed by atoms with Crippen molar-refractivity contribution in [3.63, 3.8) is 0 Å². The summed E-state index contributed by atoms with van der Waals surface area (Å²) < 4.78 is 20.5. The number of quaternary nitrogens is 1. The zero-order valence-electron chi connectivity index (χ0n) is 14.6. The maximum absolute atomic E-state index is 14.6. The van der Waals surface area contributed by atoms with Crippen LogP contribution in [0.25, 0.3) is 0 Å². The normalized spacial score (nSPS) is 27.1. The van der Waals surface area contributed by atoms with Crippen LogP contribution < -0.4 is 15.5 Å². The van der Waals surface area contributed by atoms with Crippen LogP contribution in [-0.2, 0) is 4.74 Å². The van der Waals surface area contributed by atoms with Crippen molar-refractivity contribution in [3.8, 4) is 0 Å². The summed E-state index contributed by atoms with van der Waals surface area (Å²) in [5.74, 6) is -0.332. The van der Waals surface area contributed by atoms with Crippen molar-refractivity contribution >= 4 is 11.7 Å². The van der Waals surface area contributed by atoms with Gasteiger partial charge >= 0.3 is 6.03 Å². The zero-order valence-corrected chi connectivity index (χ0v) is 14.6. The van der Waals surface area contributed by atoms with Gasteiger partial charge in [-0.05, 0) is 45.7 Å². The number of anilines is 1. The van der Waals surface area contributed by atoms with Gasteiger partial charge in [-0.15, -0.1) is 0 Å². The molecule has 0 radical (unpaired) electrons. The third-order valence-electron chi connectivity index (χ3n) is 4.95. The molecule has 1 aromatic rings. The lowest BCUT2D eigenvalue weighted by atomic mass is 9.98. The monoisotopic (exact) mass is 336 g/mol. The molecule has 2 fully saturated rings. The number of benzene rings is 1. The molecule has 2 unspecified atom stereocenters. The first-order chi connectivity index (χ1) is 11.5. The van der Waals surface area contributed by atoms with E-state index in [4.69, 9.17) is 4.74 Å². The number of carbonyl (C=O) groups excluding carboxylic acids is 1. The van der Waals surface area contributed by atoms with E-state index in [1.165, 1.54) is 11.0 Å². The third kappa shape index (κ3) is 3.87. The topological polar surface area (TPSA) is 54.8 Å². The smallest absolute Gasteiger partial charge is 0.319 e. The molecule has 24 heavy (non-hydrogen) atoms. The molecular weight excluding hydrogens is 309 g/mol. The van der Waals surface area contributed by atoms with Gasteiger partial charge in [0, 0.05) is 17.3 Å². The summed E-state index contributed by atoms with van der Waals surface area (Å²) >= 11 is 0. The molecule has 1 saturated carbocycles. The lowest BCUT2D eigenvalue weighted by Crippen LogP contribution is -3.20. The number of hydrogen-bond donors (Lipinski definition) is 3. The van der Waals surface area contributed by atoms with Crippen molar-refractivity contribution < 1.29 is 18.8 Å². The van der Waals surface area contributed by atoms with Crippen molar-refractivity contribution in [2.45, 2.75) is 57.8 Å². The Labute approximate surface area is 142 Å². The minimum atomic E-state index is -0.332. The second-order valence-electron chi connectivity index (χ2n) is 7.17. The fourth-order valence-corrected chi connectivity index (χ4v) is 3.46. The van der Waals surface area contributed by atoms with Crippen LogP contribution in [0.5, 0.6) is 0 Å². The molecule has 0 aromatic heterocycles. The standard InChI is InChI=1S/C18H26FN3O2/c1-11(2)22-8-9-24-17(12(22)3)15-7-6-14(10-16(15)19)21-18(23)20-13-4-5-13/h6-7,10-13,17H,4-5,8-9H2,1-3H3,(H2,20,21,23)/p+1/t12?,17-/m1/s1. The first kappa shape index (κ1) is 17.2. The van der Waals surface area contributed by atoms with Gasteiger partial charge < -0.3 is 20.3 Å². The van der Waals surface area contributed by atoms with Crippen LogP contribution in [0.2, 0.25) is 0 Å². The second kappa shape index (κ2) is 7.07. The Morgan fingerprint density at radius 2 is 2.12 bits per heavy atom. The van der Waals surface area contributed by atoms with Crippen LogP contribution in [0, 0.1) is 5.82 Å². The van der Waals surface area contributed by atoms with E-state index >= 15 is 0 Å². The van der Waals surface area contributed by atoms with Crippen LogP contribution in [-0.4, -0.2) is 37.3 Å². The number of hydrogen-bond acceptors (Lipinski definition) is 2. The highest BCUT2D eigenvalue weighted by Crippen LogP contribution is 2.27. The number of carbonyl (C=O) groups is 1. The summed E-state index contributed by atoms with van der Waals surface area (Å²) in [5, 5.41) is 5.51. The van der Waals surface area contributed by atoms with Crippen molar-refractivity contribution in [1.29, 1.82) is 0 Å². The van der Waals surface area contributed by atoms with Crippen LogP contribution in [0.1, 0.15) is 45.3 Å². The van der Waals surface area contributed by atoms with Gasteiger partial charge in [-0.25, -0.2) is 9.18 Å². The predicted molar refractivity (Wildman–Crippen MR) is 90.7 cm³/mol. The molecule has 2 aliphatic rings. The van der Waals surface area contributed by atoms with Gasteiger partial charge in [0.2, 0.25) is 0 Å². The maximum Gasteiger partial charge on any atom is 0.319 e. The number of ether oxygens (including phenoxy) is 1. The fourth-order valence-electron chi connectivity index (χ4n) is 3.46. The van der Waals surface area contributed by atoms with Crippen molar-refractivity contribution in [1.82, 2.24) is 5.32 Å². The molecule has 6 heteroatoms. The SMILES string of the molecule is CC(C)[NH+]1CCO[C@@H](c2ccc(NC(=O)NC3CC3)cc2F)C1C. The Kier molecular flexibility index (Phi) is 5.06. The van der Waals surface area contributed by atoms with E-state index in [-0.39, 0.29) is 30.0 Å². The molecule has 3 atom stereocenters. The molecule has 3 rings (SSSR count). The molecule has 0 spiro atoms. The first-order valence-corrected chi connectivity index (χ1v) is 8.80. The van der Waals surface area contributed by atoms with Gasteiger partial charge in [0.15, 0.2) is 0 Å². The molecule has 0 bridgehead atoms. The number of nitrogens with one attached hydrogen (secondary N) is 3. The van der Waals surface area contributed by atoms with Crippen LogP contribution >= 0.6 is 0 Å². The lowest BCUT2D eigenvalue weighted by Gasteiger charge is -2.39. The summed E-state index contributed by atoms with van der Waals surface area (Å²) in [6.45, 7) is 8.03. The zero-order chi connectivity index (χ0) is 17.3. The summed E-state index contributed by atoms with van der Waals surface area (Å²) in [7, 11) is 0. The number of urea groups is 1. The van der Waals surface area contributed by atoms with E-state index in [0.717, 1.165) is 19.4 Å². The van der Waals surface area contributed by atoms with Gasteiger partial charge in [0.25, 0.3) is 0 Å². The molecule has 1 heterocycles. The Balaban J connectivity index is 1.70. The summed E-state index contributed by atoms with van der Waals surface area (Å²) in [6, 6.07) is 5.50. The van der Waals surface area contributed by atoms with Gasteiger partial charge in [-0.2, -0.15) is 0 Å². The second-order valence-corrected chi connectivity index (χ2v) is 7.17. The third-order valence-corrected chi connectivity index (χ3v) is 4.95. The minimum absolute atomic E-state index is 0.185. The lowest BCUT2D eigenvalue weighted by molar-refractivity contribution is -0.956. The minimum Gasteiger partial charge on any atom is -0.361 e. The van der Waals surface area contributed by atoms with E-state index in [0.29, 0.717) is 23.9 Å². The summed E-state index contributed by atoms with van der Waals surface area (Å²) in [4.78, 5) is 13.2. The average Bonchev–Trinajstić information content (AvgIpc) is 3.31. The Hall–Kier alpha value is -1.66. The number of morpholine rings is 1. The largest absolute Gasteiger partial charge is 0.361 e. The van der Waals surface area contributed by atoms with E-state index in [1.807, 2.05) is 0 Å². The van der Waals surface area contributed by atoms with Gasteiger partial charge in [-0.3, -0.25) is 0 Å². The van der Waals surface area contributed by atoms with Crippen molar-refractivity contribution in [2.24, 2.45) is 0 Å². The van der Waals surface area contributed by atoms with Crippen molar-refractivity contribution in [2.75, 3.05) is 18.5 Å². The molecule has 2 amide bonds. The van der Waals surface area contributed by atoms with Gasteiger partial charge in [-0.1, -0.05) is 6.07 Å². The maximum atomic E-state index is 14.6. The molecule has 1 aliphatic carbocycles. The van der Waals surface area contributed by atoms with Gasteiger partial charge in [0.1, 0.15) is 24.5 Å². The molecule has 132 valence electrons. The Morgan fingerprint density at radius 3 is 2.75 bits per heavy atom. The summed E-state index contributed by atoms with van der Waals surface area (Å²) in [6.07, 6.45) is 1.78. The molecule has 5 nitrogen and oxygen atoms in total. The molecule has 1 aliphatic heterocycles. The number of halogens is 1. The molecule has 1 aromatic carbocycles. The molecule has 1 saturated heterocycles. The molecular formula is C18H27FN3O2+. The average molecular weight is 336 g/mol. The van der Waals surface area contributed by atoms with Crippen LogP contribution in [0.15, 0.2) is 18.2 Å². The quantitative estimate of drug-likeness (QED) is 0.786. The van der Waals surface area contributed by atoms with Crippen LogP contribution in [0.3, 0.4) is 0 Å². The van der Waals surface area contributed by atoms with E-state index in [2.05, 4.69) is 31.4 Å².